The fraction of sp³-hybridized carbons (Fsp3) is 0.400. The molecule has 106 valence electrons. The minimum Gasteiger partial charge on any atom is -0.477 e. The van der Waals surface area contributed by atoms with Crippen molar-refractivity contribution in [1.29, 1.82) is 0 Å². The van der Waals surface area contributed by atoms with Crippen molar-refractivity contribution in [2.75, 3.05) is 19.6 Å². The van der Waals surface area contributed by atoms with Gasteiger partial charge in [0, 0.05) is 17.8 Å². The van der Waals surface area contributed by atoms with Crippen molar-refractivity contribution in [2.45, 2.75) is 13.0 Å². The molecule has 3 rings (SSSR count). The minimum absolute atomic E-state index is 0.474. The number of carboxylic acids is 1. The molecule has 0 radical (unpaired) electrons. The smallest absolute Gasteiger partial charge is 0.346 e. The fourth-order valence-corrected chi connectivity index (χ4v) is 3.95. The average molecular weight is 290 g/mol. The first-order valence-electron chi connectivity index (χ1n) is 6.85. The molecule has 1 aromatic carbocycles. The molecule has 1 aliphatic heterocycles. The van der Waals surface area contributed by atoms with E-state index in [1.165, 1.54) is 11.3 Å². The van der Waals surface area contributed by atoms with E-state index in [0.717, 1.165) is 35.2 Å². The van der Waals surface area contributed by atoms with Crippen LogP contribution in [0.15, 0.2) is 24.3 Å². The molecule has 4 nitrogen and oxygen atoms in total. The maximum atomic E-state index is 11.5. The second-order valence-electron chi connectivity index (χ2n) is 5.34. The molecule has 0 saturated carbocycles. The number of benzene rings is 1. The fourth-order valence-electron chi connectivity index (χ4n) is 2.90. The summed E-state index contributed by atoms with van der Waals surface area (Å²) in [5.41, 5.74) is 6.67. The van der Waals surface area contributed by atoms with E-state index < -0.39 is 5.97 Å². The van der Waals surface area contributed by atoms with Gasteiger partial charge in [0.1, 0.15) is 4.88 Å². The van der Waals surface area contributed by atoms with E-state index in [1.807, 2.05) is 24.3 Å². The van der Waals surface area contributed by atoms with E-state index in [2.05, 4.69) is 4.90 Å². The molecule has 3 N–H and O–H groups in total. The highest BCUT2D eigenvalue weighted by molar-refractivity contribution is 7.21. The van der Waals surface area contributed by atoms with E-state index in [9.17, 15) is 9.90 Å². The van der Waals surface area contributed by atoms with Crippen LogP contribution in [0.3, 0.4) is 0 Å². The molecule has 1 fully saturated rings. The van der Waals surface area contributed by atoms with E-state index in [-0.39, 0.29) is 0 Å². The van der Waals surface area contributed by atoms with E-state index >= 15 is 0 Å². The SMILES string of the molecule is NCC1CCN(Cc2c(C(=O)O)sc3ccccc23)C1. The Hall–Kier alpha value is -1.43. The Balaban J connectivity index is 1.93. The number of thiophene rings is 1. The Bertz CT molecular complexity index is 638. The second kappa shape index (κ2) is 5.52. The van der Waals surface area contributed by atoms with Crippen molar-refractivity contribution in [1.82, 2.24) is 4.90 Å². The van der Waals surface area contributed by atoms with Crippen LogP contribution in [0.5, 0.6) is 0 Å². The molecular formula is C15H18N2O2S. The van der Waals surface area contributed by atoms with Gasteiger partial charge < -0.3 is 10.8 Å². The predicted octanol–water partition coefficient (Wildman–Crippen LogP) is 2.38. The zero-order chi connectivity index (χ0) is 14.1. The predicted molar refractivity (Wildman–Crippen MR) is 81.2 cm³/mol. The average Bonchev–Trinajstić information content (AvgIpc) is 3.04. The van der Waals surface area contributed by atoms with Gasteiger partial charge in [-0.3, -0.25) is 4.90 Å². The molecule has 1 aromatic heterocycles. The largest absolute Gasteiger partial charge is 0.477 e. The highest BCUT2D eigenvalue weighted by Gasteiger charge is 2.25. The molecule has 0 amide bonds. The molecule has 2 aromatic rings. The number of hydrogen-bond donors (Lipinski definition) is 2. The summed E-state index contributed by atoms with van der Waals surface area (Å²) in [7, 11) is 0. The number of rotatable bonds is 4. The molecule has 0 aliphatic carbocycles. The van der Waals surface area contributed by atoms with Gasteiger partial charge in [-0.2, -0.15) is 0 Å². The standard InChI is InChI=1S/C15H18N2O2S/c16-7-10-5-6-17(8-10)9-12-11-3-1-2-4-13(11)20-14(12)15(18)19/h1-4,10H,5-9,16H2,(H,18,19). The summed E-state index contributed by atoms with van der Waals surface area (Å²) in [6.07, 6.45) is 1.11. The molecule has 0 bridgehead atoms. The van der Waals surface area contributed by atoms with E-state index in [1.54, 1.807) is 0 Å². The Morgan fingerprint density at radius 1 is 1.45 bits per heavy atom. The molecule has 5 heteroatoms. The van der Waals surface area contributed by atoms with Gasteiger partial charge in [-0.15, -0.1) is 11.3 Å². The number of hydrogen-bond acceptors (Lipinski definition) is 4. The molecule has 0 spiro atoms. The molecular weight excluding hydrogens is 272 g/mol. The van der Waals surface area contributed by atoms with Crippen molar-refractivity contribution in [3.8, 4) is 0 Å². The Kier molecular flexibility index (Phi) is 3.74. The first-order valence-corrected chi connectivity index (χ1v) is 7.67. The third-order valence-electron chi connectivity index (χ3n) is 3.98. The summed E-state index contributed by atoms with van der Waals surface area (Å²) >= 11 is 1.37. The van der Waals surface area contributed by atoms with Crippen LogP contribution in [0.25, 0.3) is 10.1 Å². The van der Waals surface area contributed by atoms with Gasteiger partial charge in [0.05, 0.1) is 0 Å². The summed E-state index contributed by atoms with van der Waals surface area (Å²) in [6, 6.07) is 7.93. The second-order valence-corrected chi connectivity index (χ2v) is 6.39. The lowest BCUT2D eigenvalue weighted by Crippen LogP contribution is -2.23. The van der Waals surface area contributed by atoms with Crippen molar-refractivity contribution < 1.29 is 9.90 Å². The number of carbonyl (C=O) groups is 1. The third kappa shape index (κ3) is 2.44. The topological polar surface area (TPSA) is 66.6 Å². The first kappa shape index (κ1) is 13.5. The van der Waals surface area contributed by atoms with Crippen LogP contribution in [0.2, 0.25) is 0 Å². The Morgan fingerprint density at radius 2 is 2.25 bits per heavy atom. The van der Waals surface area contributed by atoms with Crippen LogP contribution >= 0.6 is 11.3 Å². The number of aromatic carboxylic acids is 1. The van der Waals surface area contributed by atoms with Crippen molar-refractivity contribution >= 4 is 27.4 Å². The summed E-state index contributed by atoms with van der Waals surface area (Å²) in [5.74, 6) is -0.274. The van der Waals surface area contributed by atoms with Crippen LogP contribution in [0, 0.1) is 5.92 Å². The molecule has 2 heterocycles. The van der Waals surface area contributed by atoms with Gasteiger partial charge in [0.15, 0.2) is 0 Å². The minimum atomic E-state index is -0.823. The Labute approximate surface area is 121 Å². The van der Waals surface area contributed by atoms with Crippen LogP contribution < -0.4 is 5.73 Å². The maximum Gasteiger partial charge on any atom is 0.346 e. The molecule has 1 aliphatic rings. The number of fused-ring (bicyclic) bond motifs is 1. The summed E-state index contributed by atoms with van der Waals surface area (Å²) in [4.78, 5) is 14.2. The molecule has 1 saturated heterocycles. The number of carboxylic acid groups (broad SMARTS) is 1. The first-order chi connectivity index (χ1) is 9.69. The van der Waals surface area contributed by atoms with Crippen molar-refractivity contribution in [2.24, 2.45) is 11.7 Å². The Morgan fingerprint density at radius 3 is 2.95 bits per heavy atom. The molecule has 1 unspecified atom stereocenters. The van der Waals surface area contributed by atoms with Crippen LogP contribution in [0.4, 0.5) is 0 Å². The summed E-state index contributed by atoms with van der Waals surface area (Å²) < 4.78 is 1.05. The monoisotopic (exact) mass is 290 g/mol. The maximum absolute atomic E-state index is 11.5. The highest BCUT2D eigenvalue weighted by atomic mass is 32.1. The van der Waals surface area contributed by atoms with Crippen molar-refractivity contribution in [3.63, 3.8) is 0 Å². The molecule has 1 atom stereocenters. The normalized spacial score (nSPS) is 19.8. The lowest BCUT2D eigenvalue weighted by atomic mass is 10.1. The van der Waals surface area contributed by atoms with E-state index in [4.69, 9.17) is 5.73 Å². The van der Waals surface area contributed by atoms with Crippen molar-refractivity contribution in [3.05, 3.63) is 34.7 Å². The summed E-state index contributed by atoms with van der Waals surface area (Å²) in [6.45, 7) is 3.40. The van der Waals surface area contributed by atoms with Crippen LogP contribution in [-0.2, 0) is 6.54 Å². The highest BCUT2D eigenvalue weighted by Crippen LogP contribution is 2.33. The third-order valence-corrected chi connectivity index (χ3v) is 5.18. The number of nitrogens with zero attached hydrogens (tertiary/aromatic N) is 1. The summed E-state index contributed by atoms with van der Waals surface area (Å²) in [5, 5.41) is 10.5. The van der Waals surface area contributed by atoms with E-state index in [0.29, 0.717) is 23.9 Å². The molecule has 20 heavy (non-hydrogen) atoms. The van der Waals surface area contributed by atoms with Gasteiger partial charge in [-0.1, -0.05) is 18.2 Å². The van der Waals surface area contributed by atoms with Gasteiger partial charge in [-0.25, -0.2) is 4.79 Å². The quantitative estimate of drug-likeness (QED) is 0.907. The van der Waals surface area contributed by atoms with Gasteiger partial charge in [0.2, 0.25) is 0 Å². The van der Waals surface area contributed by atoms with Gasteiger partial charge >= 0.3 is 5.97 Å². The number of likely N-dealkylation sites (tertiary alicyclic amines) is 1. The van der Waals surface area contributed by atoms with Crippen LogP contribution in [-0.4, -0.2) is 35.6 Å². The lowest BCUT2D eigenvalue weighted by molar-refractivity contribution is 0.0700. The number of nitrogens with two attached hydrogens (primary N) is 1. The van der Waals surface area contributed by atoms with Gasteiger partial charge in [-0.05, 0) is 42.4 Å². The van der Waals surface area contributed by atoms with Crippen LogP contribution in [0.1, 0.15) is 21.7 Å². The zero-order valence-corrected chi connectivity index (χ0v) is 12.0. The zero-order valence-electron chi connectivity index (χ0n) is 11.2. The van der Waals surface area contributed by atoms with Gasteiger partial charge in [0.25, 0.3) is 0 Å². The lowest BCUT2D eigenvalue weighted by Gasteiger charge is -2.16.